The number of nitrogens with one attached hydrogen (secondary N) is 1. The second-order valence-corrected chi connectivity index (χ2v) is 4.14. The van der Waals surface area contributed by atoms with Gasteiger partial charge in [0.2, 0.25) is 5.95 Å². The van der Waals surface area contributed by atoms with Crippen LogP contribution in [0.5, 0.6) is 0 Å². The molecule has 0 aliphatic heterocycles. The van der Waals surface area contributed by atoms with Crippen molar-refractivity contribution in [2.24, 2.45) is 7.05 Å². The fourth-order valence-electron chi connectivity index (χ4n) is 2.02. The zero-order valence-corrected chi connectivity index (χ0v) is 10.6. The second-order valence-electron chi connectivity index (χ2n) is 4.14. The Labute approximate surface area is 109 Å². The van der Waals surface area contributed by atoms with E-state index in [0.29, 0.717) is 22.6 Å². The van der Waals surface area contributed by atoms with Crippen LogP contribution in [0.15, 0.2) is 30.6 Å². The molecule has 6 heteroatoms. The molecule has 3 aromatic rings. The van der Waals surface area contributed by atoms with Crippen LogP contribution in [-0.4, -0.2) is 26.8 Å². The lowest BCUT2D eigenvalue weighted by Gasteiger charge is -2.05. The minimum Gasteiger partial charge on any atom is -0.357 e. The highest BCUT2D eigenvalue weighted by Gasteiger charge is 2.13. The summed E-state index contributed by atoms with van der Waals surface area (Å²) in [6.07, 6.45) is 3.12. The van der Waals surface area contributed by atoms with Crippen molar-refractivity contribution in [3.63, 3.8) is 0 Å². The van der Waals surface area contributed by atoms with E-state index in [1.165, 1.54) is 6.20 Å². The number of nitrogens with zero attached hydrogens (tertiary/aromatic N) is 4. The minimum atomic E-state index is -0.314. The van der Waals surface area contributed by atoms with Crippen LogP contribution in [0.25, 0.3) is 22.2 Å². The van der Waals surface area contributed by atoms with Crippen LogP contribution in [-0.2, 0) is 7.05 Å². The van der Waals surface area contributed by atoms with Gasteiger partial charge in [0, 0.05) is 25.9 Å². The van der Waals surface area contributed by atoms with Gasteiger partial charge < -0.3 is 5.32 Å². The lowest BCUT2D eigenvalue weighted by atomic mass is 10.1. The molecule has 0 saturated heterocycles. The Balaban J connectivity index is 2.22. The van der Waals surface area contributed by atoms with Gasteiger partial charge >= 0.3 is 0 Å². The Hall–Kier alpha value is -2.50. The largest absolute Gasteiger partial charge is 0.357 e. The van der Waals surface area contributed by atoms with E-state index < -0.39 is 0 Å². The van der Waals surface area contributed by atoms with Crippen molar-refractivity contribution in [1.29, 1.82) is 0 Å². The number of rotatable bonds is 2. The maximum absolute atomic E-state index is 14.5. The zero-order chi connectivity index (χ0) is 13.4. The molecular weight excluding hydrogens is 245 g/mol. The van der Waals surface area contributed by atoms with E-state index in [1.807, 2.05) is 6.07 Å². The summed E-state index contributed by atoms with van der Waals surface area (Å²) in [6, 6.07) is 5.23. The molecule has 0 aliphatic rings. The van der Waals surface area contributed by atoms with Crippen molar-refractivity contribution in [3.8, 4) is 11.3 Å². The van der Waals surface area contributed by atoms with E-state index in [0.717, 1.165) is 5.52 Å². The number of aryl methyl sites for hydroxylation is 1. The van der Waals surface area contributed by atoms with Gasteiger partial charge in [0.15, 0.2) is 0 Å². The van der Waals surface area contributed by atoms with Gasteiger partial charge in [0.05, 0.1) is 22.8 Å². The van der Waals surface area contributed by atoms with Gasteiger partial charge in [-0.15, -0.1) is 0 Å². The average Bonchev–Trinajstić information content (AvgIpc) is 2.82. The third-order valence-corrected chi connectivity index (χ3v) is 3.02. The highest BCUT2D eigenvalue weighted by atomic mass is 19.1. The third kappa shape index (κ3) is 1.81. The first kappa shape index (κ1) is 11.6. The Morgan fingerprint density at radius 1 is 1.26 bits per heavy atom. The minimum absolute atomic E-state index is 0.314. The predicted octanol–water partition coefficient (Wildman–Crippen LogP) is 2.21. The van der Waals surface area contributed by atoms with E-state index >= 15 is 0 Å². The van der Waals surface area contributed by atoms with Crippen LogP contribution in [0.4, 0.5) is 10.3 Å². The molecule has 3 rings (SSSR count). The fraction of sp³-hybridized carbons (Fsp3) is 0.154. The maximum atomic E-state index is 14.5. The summed E-state index contributed by atoms with van der Waals surface area (Å²) >= 11 is 0. The highest BCUT2D eigenvalue weighted by Crippen LogP contribution is 2.27. The topological polar surface area (TPSA) is 55.6 Å². The van der Waals surface area contributed by atoms with E-state index in [9.17, 15) is 4.39 Å². The smallest absolute Gasteiger partial charge is 0.222 e. The van der Waals surface area contributed by atoms with E-state index in [1.54, 1.807) is 37.1 Å². The molecule has 0 bridgehead atoms. The first-order chi connectivity index (χ1) is 9.20. The van der Waals surface area contributed by atoms with Crippen LogP contribution in [0.2, 0.25) is 0 Å². The number of anilines is 1. The van der Waals surface area contributed by atoms with Crippen molar-refractivity contribution < 1.29 is 4.39 Å². The van der Waals surface area contributed by atoms with Crippen LogP contribution in [0.1, 0.15) is 0 Å². The average molecular weight is 257 g/mol. The Morgan fingerprint density at radius 3 is 2.89 bits per heavy atom. The summed E-state index contributed by atoms with van der Waals surface area (Å²) in [5.74, 6) is 0.148. The highest BCUT2D eigenvalue weighted by molar-refractivity contribution is 5.84. The fourth-order valence-corrected chi connectivity index (χ4v) is 2.02. The second kappa shape index (κ2) is 4.31. The summed E-state index contributed by atoms with van der Waals surface area (Å²) in [5, 5.41) is 7.38. The van der Waals surface area contributed by atoms with Gasteiger partial charge in [0.1, 0.15) is 5.82 Å². The molecule has 0 saturated carbocycles. The molecule has 2 aromatic heterocycles. The lowest BCUT2D eigenvalue weighted by molar-refractivity contribution is 0.642. The maximum Gasteiger partial charge on any atom is 0.222 e. The van der Waals surface area contributed by atoms with Crippen molar-refractivity contribution >= 4 is 16.9 Å². The summed E-state index contributed by atoms with van der Waals surface area (Å²) in [5.41, 5.74) is 1.74. The van der Waals surface area contributed by atoms with Gasteiger partial charge in [-0.2, -0.15) is 5.10 Å². The van der Waals surface area contributed by atoms with Crippen LogP contribution < -0.4 is 5.32 Å². The van der Waals surface area contributed by atoms with Crippen molar-refractivity contribution in [2.75, 3.05) is 12.4 Å². The predicted molar refractivity (Wildman–Crippen MR) is 71.2 cm³/mol. The third-order valence-electron chi connectivity index (χ3n) is 3.02. The quantitative estimate of drug-likeness (QED) is 0.764. The molecule has 1 aromatic carbocycles. The number of fused-ring (bicyclic) bond motifs is 1. The molecule has 0 spiro atoms. The monoisotopic (exact) mass is 257 g/mol. The van der Waals surface area contributed by atoms with Gasteiger partial charge in [0.25, 0.3) is 0 Å². The molecule has 0 unspecified atom stereocenters. The van der Waals surface area contributed by atoms with Crippen LogP contribution >= 0.6 is 0 Å². The van der Waals surface area contributed by atoms with Crippen LogP contribution in [0, 0.1) is 5.82 Å². The number of hydrogen-bond acceptors (Lipinski definition) is 4. The summed E-state index contributed by atoms with van der Waals surface area (Å²) < 4.78 is 16.1. The Morgan fingerprint density at radius 2 is 2.11 bits per heavy atom. The number of benzene rings is 1. The molecular formula is C13H12FN5. The summed E-state index contributed by atoms with van der Waals surface area (Å²) in [4.78, 5) is 8.26. The molecule has 2 heterocycles. The number of hydrogen-bond donors (Lipinski definition) is 1. The molecule has 0 aliphatic carbocycles. The molecule has 0 fully saturated rings. The standard InChI is InChI=1S/C13H12FN5/c1-15-13-16-6-5-10(18-13)8-3-4-11-9(12(8)14)7-17-19(11)2/h3-7H,1-2H3,(H,15,16,18). The molecule has 0 atom stereocenters. The molecule has 5 nitrogen and oxygen atoms in total. The first-order valence-electron chi connectivity index (χ1n) is 5.82. The summed E-state index contributed by atoms with van der Waals surface area (Å²) in [7, 11) is 3.50. The zero-order valence-electron chi connectivity index (χ0n) is 10.6. The SMILES string of the molecule is CNc1nccc(-c2ccc3c(cnn3C)c2F)n1. The Kier molecular flexibility index (Phi) is 2.63. The lowest BCUT2D eigenvalue weighted by Crippen LogP contribution is -1.98. The van der Waals surface area contributed by atoms with Crippen LogP contribution in [0.3, 0.4) is 0 Å². The van der Waals surface area contributed by atoms with Crippen molar-refractivity contribution in [3.05, 3.63) is 36.4 Å². The van der Waals surface area contributed by atoms with Gasteiger partial charge in [-0.05, 0) is 18.2 Å². The molecule has 96 valence electrons. The number of halogens is 1. The molecule has 0 radical (unpaired) electrons. The molecule has 1 N–H and O–H groups in total. The normalized spacial score (nSPS) is 10.9. The van der Waals surface area contributed by atoms with Crippen molar-refractivity contribution in [1.82, 2.24) is 19.7 Å². The van der Waals surface area contributed by atoms with E-state index in [-0.39, 0.29) is 5.82 Å². The van der Waals surface area contributed by atoms with E-state index in [4.69, 9.17) is 0 Å². The van der Waals surface area contributed by atoms with Gasteiger partial charge in [-0.3, -0.25) is 4.68 Å². The first-order valence-corrected chi connectivity index (χ1v) is 5.82. The van der Waals surface area contributed by atoms with E-state index in [2.05, 4.69) is 20.4 Å². The Bertz CT molecular complexity index is 750. The molecule has 0 amide bonds. The van der Waals surface area contributed by atoms with Crippen molar-refractivity contribution in [2.45, 2.75) is 0 Å². The van der Waals surface area contributed by atoms with Gasteiger partial charge in [-0.25, -0.2) is 14.4 Å². The molecule has 19 heavy (non-hydrogen) atoms. The van der Waals surface area contributed by atoms with Gasteiger partial charge in [-0.1, -0.05) is 0 Å². The number of aromatic nitrogens is 4. The summed E-state index contributed by atoms with van der Waals surface area (Å²) in [6.45, 7) is 0.